The first-order chi connectivity index (χ1) is 11.1. The number of aromatic nitrogens is 4. The highest BCUT2D eigenvalue weighted by molar-refractivity contribution is 5.92. The van der Waals surface area contributed by atoms with E-state index < -0.39 is 29.9 Å². The molecule has 1 amide bonds. The van der Waals surface area contributed by atoms with Crippen LogP contribution >= 0.6 is 0 Å². The molecule has 0 saturated heterocycles. The van der Waals surface area contributed by atoms with Crippen molar-refractivity contribution in [2.45, 2.75) is 25.1 Å². The van der Waals surface area contributed by atoms with E-state index in [0.29, 0.717) is 5.69 Å². The van der Waals surface area contributed by atoms with E-state index in [1.54, 1.807) is 14.0 Å². The number of rotatable bonds is 5. The quantitative estimate of drug-likeness (QED) is 0.848. The SMILES string of the molecule is Cc1cc(C(=O)NCC[C@](O)(c2nccn2C)C(F)(F)F)n(C)n1. The Hall–Kier alpha value is -2.36. The summed E-state index contributed by atoms with van der Waals surface area (Å²) in [6.45, 7) is 1.31. The fourth-order valence-corrected chi connectivity index (χ4v) is 2.42. The highest BCUT2D eigenvalue weighted by Crippen LogP contribution is 2.40. The van der Waals surface area contributed by atoms with Gasteiger partial charge in [0.15, 0.2) is 0 Å². The van der Waals surface area contributed by atoms with Crippen LogP contribution in [0.15, 0.2) is 18.5 Å². The zero-order valence-electron chi connectivity index (χ0n) is 13.4. The molecular formula is C14H18F3N5O2. The van der Waals surface area contributed by atoms with Crippen LogP contribution in [0.25, 0.3) is 0 Å². The molecule has 10 heteroatoms. The van der Waals surface area contributed by atoms with Crippen LogP contribution in [-0.4, -0.2) is 43.1 Å². The minimum atomic E-state index is -4.93. The number of amides is 1. The Bertz CT molecular complexity index is 737. The number of nitrogens with zero attached hydrogens (tertiary/aromatic N) is 4. The first-order valence-corrected chi connectivity index (χ1v) is 7.12. The Labute approximate surface area is 136 Å². The van der Waals surface area contributed by atoms with Crippen molar-refractivity contribution in [1.82, 2.24) is 24.6 Å². The summed E-state index contributed by atoms with van der Waals surface area (Å²) in [6, 6.07) is 1.52. The molecule has 0 aliphatic rings. The van der Waals surface area contributed by atoms with E-state index in [0.717, 1.165) is 4.57 Å². The highest BCUT2D eigenvalue weighted by atomic mass is 19.4. The van der Waals surface area contributed by atoms with E-state index in [4.69, 9.17) is 0 Å². The van der Waals surface area contributed by atoms with Gasteiger partial charge in [-0.15, -0.1) is 0 Å². The van der Waals surface area contributed by atoms with Crippen molar-refractivity contribution in [3.8, 4) is 0 Å². The molecular weight excluding hydrogens is 327 g/mol. The number of hydrogen-bond donors (Lipinski definition) is 2. The van der Waals surface area contributed by atoms with E-state index >= 15 is 0 Å². The first kappa shape index (κ1) is 18.0. The molecule has 0 fully saturated rings. The molecule has 2 aromatic rings. The van der Waals surface area contributed by atoms with Gasteiger partial charge in [0.2, 0.25) is 5.60 Å². The molecule has 0 aromatic carbocycles. The molecule has 0 saturated carbocycles. The van der Waals surface area contributed by atoms with E-state index in [1.165, 1.54) is 30.2 Å². The van der Waals surface area contributed by atoms with Crippen LogP contribution < -0.4 is 5.32 Å². The topological polar surface area (TPSA) is 85.0 Å². The smallest absolute Gasteiger partial charge is 0.374 e. The molecule has 0 bridgehead atoms. The predicted octanol–water partition coefficient (Wildman–Crippen LogP) is 1.03. The Morgan fingerprint density at radius 1 is 1.38 bits per heavy atom. The maximum absolute atomic E-state index is 13.3. The third-order valence-electron chi connectivity index (χ3n) is 3.67. The average Bonchev–Trinajstić information content (AvgIpc) is 3.03. The molecule has 2 rings (SSSR count). The molecule has 1 atom stereocenters. The lowest BCUT2D eigenvalue weighted by Crippen LogP contribution is -2.46. The normalized spacial score (nSPS) is 14.5. The van der Waals surface area contributed by atoms with Gasteiger partial charge in [0.05, 0.1) is 5.69 Å². The van der Waals surface area contributed by atoms with Crippen LogP contribution in [0.4, 0.5) is 13.2 Å². The summed E-state index contributed by atoms with van der Waals surface area (Å²) in [5.74, 6) is -1.09. The lowest BCUT2D eigenvalue weighted by molar-refractivity contribution is -0.272. The molecule has 2 N–H and O–H groups in total. The van der Waals surface area contributed by atoms with E-state index in [2.05, 4.69) is 15.4 Å². The summed E-state index contributed by atoms with van der Waals surface area (Å²) in [6.07, 6.45) is -3.21. The minimum Gasteiger partial charge on any atom is -0.374 e. The lowest BCUT2D eigenvalue weighted by Gasteiger charge is -2.29. The van der Waals surface area contributed by atoms with Crippen molar-refractivity contribution in [2.75, 3.05) is 6.54 Å². The second-order valence-corrected chi connectivity index (χ2v) is 5.52. The zero-order chi connectivity index (χ0) is 18.1. The van der Waals surface area contributed by atoms with Gasteiger partial charge in [-0.05, 0) is 13.0 Å². The number of imidazole rings is 1. The summed E-state index contributed by atoms with van der Waals surface area (Å²) in [4.78, 5) is 15.6. The molecule has 0 radical (unpaired) electrons. The summed E-state index contributed by atoms with van der Waals surface area (Å²) in [5, 5.41) is 16.5. The monoisotopic (exact) mass is 345 g/mol. The Balaban J connectivity index is 2.11. The maximum Gasteiger partial charge on any atom is 0.424 e. The zero-order valence-corrected chi connectivity index (χ0v) is 13.4. The van der Waals surface area contributed by atoms with Crippen LogP contribution in [0.3, 0.4) is 0 Å². The fourth-order valence-electron chi connectivity index (χ4n) is 2.42. The third-order valence-corrected chi connectivity index (χ3v) is 3.67. The van der Waals surface area contributed by atoms with Crippen molar-refractivity contribution in [3.63, 3.8) is 0 Å². The Morgan fingerprint density at radius 2 is 2.04 bits per heavy atom. The van der Waals surface area contributed by atoms with Gasteiger partial charge in [0.1, 0.15) is 11.5 Å². The fraction of sp³-hybridized carbons (Fsp3) is 0.500. The van der Waals surface area contributed by atoms with Crippen molar-refractivity contribution in [2.24, 2.45) is 14.1 Å². The molecule has 0 spiro atoms. The van der Waals surface area contributed by atoms with Gasteiger partial charge in [-0.3, -0.25) is 9.48 Å². The van der Waals surface area contributed by atoms with Gasteiger partial charge < -0.3 is 15.0 Å². The summed E-state index contributed by atoms with van der Waals surface area (Å²) in [5.41, 5.74) is -2.32. The molecule has 0 aliphatic heterocycles. The highest BCUT2D eigenvalue weighted by Gasteiger charge is 2.57. The summed E-state index contributed by atoms with van der Waals surface area (Å²) in [7, 11) is 2.91. The van der Waals surface area contributed by atoms with Crippen LogP contribution in [0, 0.1) is 6.92 Å². The molecule has 2 heterocycles. The van der Waals surface area contributed by atoms with Gasteiger partial charge in [0, 0.05) is 39.5 Å². The van der Waals surface area contributed by atoms with Gasteiger partial charge in [-0.1, -0.05) is 0 Å². The Morgan fingerprint density at radius 3 is 2.50 bits per heavy atom. The third kappa shape index (κ3) is 3.28. The molecule has 7 nitrogen and oxygen atoms in total. The number of carbonyl (C=O) groups is 1. The van der Waals surface area contributed by atoms with Crippen molar-refractivity contribution in [1.29, 1.82) is 0 Å². The van der Waals surface area contributed by atoms with Crippen LogP contribution in [0.2, 0.25) is 0 Å². The van der Waals surface area contributed by atoms with E-state index in [9.17, 15) is 23.1 Å². The van der Waals surface area contributed by atoms with Crippen LogP contribution in [-0.2, 0) is 19.7 Å². The van der Waals surface area contributed by atoms with Crippen molar-refractivity contribution in [3.05, 3.63) is 35.7 Å². The summed E-state index contributed by atoms with van der Waals surface area (Å²) < 4.78 is 42.4. The van der Waals surface area contributed by atoms with Gasteiger partial charge in [-0.25, -0.2) is 4.98 Å². The Kier molecular flexibility index (Phi) is 4.70. The minimum absolute atomic E-state index is 0.222. The average molecular weight is 345 g/mol. The van der Waals surface area contributed by atoms with Gasteiger partial charge in [0.25, 0.3) is 5.91 Å². The number of halogens is 3. The van der Waals surface area contributed by atoms with E-state index in [1.807, 2.05) is 0 Å². The number of alkyl halides is 3. The van der Waals surface area contributed by atoms with Crippen molar-refractivity contribution < 1.29 is 23.1 Å². The standard InChI is InChI=1S/C14H18F3N5O2/c1-9-8-10(22(3)20-9)11(23)18-5-4-13(24,14(15,16)17)12-19-6-7-21(12)2/h6-8,24H,4-5H2,1-3H3,(H,18,23)/t13-/m0/s1. The second-order valence-electron chi connectivity index (χ2n) is 5.52. The van der Waals surface area contributed by atoms with E-state index in [-0.39, 0.29) is 12.2 Å². The van der Waals surface area contributed by atoms with Crippen molar-refractivity contribution >= 4 is 5.91 Å². The van der Waals surface area contributed by atoms with Gasteiger partial charge in [-0.2, -0.15) is 18.3 Å². The number of aryl methyl sites for hydroxylation is 3. The molecule has 2 aromatic heterocycles. The molecule has 132 valence electrons. The first-order valence-electron chi connectivity index (χ1n) is 7.12. The molecule has 0 aliphatic carbocycles. The number of carbonyl (C=O) groups excluding carboxylic acids is 1. The lowest BCUT2D eigenvalue weighted by atomic mass is 9.97. The maximum atomic E-state index is 13.3. The molecule has 0 unspecified atom stereocenters. The number of nitrogens with one attached hydrogen (secondary N) is 1. The molecule has 24 heavy (non-hydrogen) atoms. The number of aliphatic hydroxyl groups is 1. The van der Waals surface area contributed by atoms with Crippen LogP contribution in [0.5, 0.6) is 0 Å². The second kappa shape index (κ2) is 6.27. The van der Waals surface area contributed by atoms with Crippen LogP contribution in [0.1, 0.15) is 28.4 Å². The largest absolute Gasteiger partial charge is 0.424 e. The van der Waals surface area contributed by atoms with Gasteiger partial charge >= 0.3 is 6.18 Å². The summed E-state index contributed by atoms with van der Waals surface area (Å²) >= 11 is 0. The number of hydrogen-bond acceptors (Lipinski definition) is 4. The predicted molar refractivity (Wildman–Crippen MR) is 78.1 cm³/mol.